The number of rotatable bonds is 3. The Bertz CT molecular complexity index is 1340. The van der Waals surface area contributed by atoms with E-state index < -0.39 is 88.0 Å². The topological polar surface area (TPSA) is 84.0 Å². The van der Waals surface area contributed by atoms with Crippen LogP contribution >= 0.6 is 0 Å². The van der Waals surface area contributed by atoms with Gasteiger partial charge in [-0.3, -0.25) is 24.1 Å². The van der Waals surface area contributed by atoms with E-state index >= 15 is 0 Å². The summed E-state index contributed by atoms with van der Waals surface area (Å²) < 4.78 is 87.1. The number of carbonyl (C=O) groups is 4. The number of aryl methyl sites for hydroxylation is 1. The molecule has 37 heavy (non-hydrogen) atoms. The Morgan fingerprint density at radius 3 is 1.59 bits per heavy atom. The zero-order chi connectivity index (χ0) is 27.2. The largest absolute Gasteiger partial charge is 0.456 e. The number of benzene rings is 2. The number of nitrogens with zero attached hydrogens (tertiary/aromatic N) is 2. The van der Waals surface area contributed by atoms with Crippen molar-refractivity contribution in [1.29, 1.82) is 0 Å². The van der Waals surface area contributed by atoms with Gasteiger partial charge in [0.25, 0.3) is 0 Å². The van der Waals surface area contributed by atoms with Crippen LogP contribution < -0.4 is 9.64 Å². The van der Waals surface area contributed by atoms with Crippen LogP contribution in [0.25, 0.3) is 0 Å². The summed E-state index contributed by atoms with van der Waals surface area (Å²) in [6, 6.07) is 4.91. The summed E-state index contributed by atoms with van der Waals surface area (Å²) in [7, 11) is 1.22. The van der Waals surface area contributed by atoms with Gasteiger partial charge in [-0.2, -0.15) is 26.3 Å². The number of alkyl halides is 6. The minimum absolute atomic E-state index is 0.208. The van der Waals surface area contributed by atoms with E-state index in [0.29, 0.717) is 17.0 Å². The molecule has 7 nitrogen and oxygen atoms in total. The van der Waals surface area contributed by atoms with E-state index in [2.05, 4.69) is 0 Å². The molecule has 2 heterocycles. The molecule has 4 atom stereocenters. The first-order chi connectivity index (χ1) is 17.1. The van der Waals surface area contributed by atoms with Gasteiger partial charge in [-0.05, 0) is 37.3 Å². The summed E-state index contributed by atoms with van der Waals surface area (Å²) in [5.41, 5.74) is -3.10. The van der Waals surface area contributed by atoms with Crippen molar-refractivity contribution < 1.29 is 50.3 Å². The zero-order valence-corrected chi connectivity index (χ0v) is 19.0. The maximum absolute atomic E-state index is 13.9. The van der Waals surface area contributed by atoms with Crippen molar-refractivity contribution in [2.75, 3.05) is 11.9 Å². The summed E-state index contributed by atoms with van der Waals surface area (Å²) in [6.07, 6.45) is -10.0. The number of hydrogen-bond acceptors (Lipinski definition) is 5. The first kappa shape index (κ1) is 24.8. The number of imide groups is 2. The average molecular weight is 526 g/mol. The molecule has 3 fully saturated rings. The summed E-state index contributed by atoms with van der Waals surface area (Å²) >= 11 is 0. The Kier molecular flexibility index (Phi) is 5.22. The molecule has 0 spiro atoms. The van der Waals surface area contributed by atoms with Crippen molar-refractivity contribution in [2.24, 2.45) is 23.7 Å². The lowest BCUT2D eigenvalue weighted by Gasteiger charge is -2.36. The van der Waals surface area contributed by atoms with Crippen LogP contribution in [0.15, 0.2) is 36.4 Å². The van der Waals surface area contributed by atoms with E-state index in [4.69, 9.17) is 4.74 Å². The minimum Gasteiger partial charge on any atom is -0.456 e. The van der Waals surface area contributed by atoms with Crippen LogP contribution in [0.5, 0.6) is 11.5 Å². The summed E-state index contributed by atoms with van der Waals surface area (Å²) in [5, 5.41) is 0. The molecule has 0 bridgehead atoms. The Morgan fingerprint density at radius 2 is 1.11 bits per heavy atom. The van der Waals surface area contributed by atoms with Crippen LogP contribution in [0.2, 0.25) is 0 Å². The standard InChI is InChI=1S/C24H16F6N2O5/c1-9-3-5-13(11(7-9)23(25,26)27)37-14-6-4-10(8-12(14)24(28,29)30)32-21(35)17-15-16(18(17)22(32)36)20(34)31(2)19(15)33/h3-8,15-18H,1-2H3. The third-order valence-electron chi connectivity index (χ3n) is 6.98. The second-order valence-electron chi connectivity index (χ2n) is 9.13. The maximum Gasteiger partial charge on any atom is 0.420 e. The normalized spacial score (nSPS) is 25.4. The lowest BCUT2D eigenvalue weighted by Crippen LogP contribution is -2.50. The zero-order valence-electron chi connectivity index (χ0n) is 19.0. The Morgan fingerprint density at radius 1 is 0.676 bits per heavy atom. The fourth-order valence-electron chi connectivity index (χ4n) is 5.23. The fourth-order valence-corrected chi connectivity index (χ4v) is 5.23. The third kappa shape index (κ3) is 3.58. The van der Waals surface area contributed by atoms with Gasteiger partial charge in [-0.15, -0.1) is 0 Å². The van der Waals surface area contributed by atoms with Gasteiger partial charge in [-0.1, -0.05) is 11.6 Å². The van der Waals surface area contributed by atoms with Crippen LogP contribution in [0.3, 0.4) is 0 Å². The lowest BCUT2D eigenvalue weighted by molar-refractivity contribution is -0.146. The van der Waals surface area contributed by atoms with Crippen molar-refractivity contribution in [3.63, 3.8) is 0 Å². The molecule has 2 aromatic rings. The molecule has 2 saturated heterocycles. The number of halogens is 6. The van der Waals surface area contributed by atoms with E-state index in [9.17, 15) is 45.5 Å². The Balaban J connectivity index is 1.52. The van der Waals surface area contributed by atoms with Crippen molar-refractivity contribution in [3.8, 4) is 11.5 Å². The first-order valence-electron chi connectivity index (χ1n) is 10.9. The summed E-state index contributed by atoms with van der Waals surface area (Å²) in [6.45, 7) is 1.37. The molecule has 0 aromatic heterocycles. The van der Waals surface area contributed by atoms with E-state index in [-0.39, 0.29) is 5.56 Å². The van der Waals surface area contributed by atoms with Crippen LogP contribution in [0.4, 0.5) is 32.0 Å². The van der Waals surface area contributed by atoms with Crippen LogP contribution in [0, 0.1) is 30.6 Å². The molecule has 3 aliphatic rings. The number of amides is 4. The highest BCUT2D eigenvalue weighted by Gasteiger charge is 2.73. The smallest absolute Gasteiger partial charge is 0.420 e. The number of fused-ring (bicyclic) bond motifs is 4. The van der Waals surface area contributed by atoms with Gasteiger partial charge in [0, 0.05) is 7.05 Å². The number of carbonyl (C=O) groups excluding carboxylic acids is 4. The van der Waals surface area contributed by atoms with E-state index in [1.807, 2.05) is 0 Å². The van der Waals surface area contributed by atoms with Crippen molar-refractivity contribution in [1.82, 2.24) is 4.90 Å². The molecule has 13 heteroatoms. The second kappa shape index (κ2) is 7.80. The minimum atomic E-state index is -5.13. The predicted octanol–water partition coefficient (Wildman–Crippen LogP) is 4.18. The van der Waals surface area contributed by atoms with Gasteiger partial charge >= 0.3 is 12.4 Å². The molecule has 2 aromatic carbocycles. The highest BCUT2D eigenvalue weighted by atomic mass is 19.4. The fraction of sp³-hybridized carbons (Fsp3) is 0.333. The molecule has 2 aliphatic heterocycles. The molecule has 0 N–H and O–H groups in total. The number of ether oxygens (including phenoxy) is 1. The van der Waals surface area contributed by atoms with Crippen LogP contribution in [0.1, 0.15) is 16.7 Å². The van der Waals surface area contributed by atoms with Crippen molar-refractivity contribution in [3.05, 3.63) is 53.1 Å². The molecule has 5 rings (SSSR count). The maximum atomic E-state index is 13.9. The van der Waals surface area contributed by atoms with Gasteiger partial charge in [0.05, 0.1) is 34.9 Å². The van der Waals surface area contributed by atoms with Crippen molar-refractivity contribution in [2.45, 2.75) is 19.3 Å². The van der Waals surface area contributed by atoms with Crippen LogP contribution in [-0.2, 0) is 31.5 Å². The average Bonchev–Trinajstić information content (AvgIpc) is 3.08. The third-order valence-corrected chi connectivity index (χ3v) is 6.98. The predicted molar refractivity (Wildman–Crippen MR) is 112 cm³/mol. The molecule has 194 valence electrons. The molecule has 1 saturated carbocycles. The van der Waals surface area contributed by atoms with E-state index in [0.717, 1.165) is 23.1 Å². The number of likely N-dealkylation sites (tertiary alicyclic amines) is 1. The number of anilines is 1. The molecule has 1 aliphatic carbocycles. The Hall–Kier alpha value is -3.90. The second-order valence-corrected chi connectivity index (χ2v) is 9.13. The van der Waals surface area contributed by atoms with Gasteiger partial charge in [0.2, 0.25) is 23.6 Å². The van der Waals surface area contributed by atoms with Gasteiger partial charge < -0.3 is 4.74 Å². The van der Waals surface area contributed by atoms with E-state index in [1.165, 1.54) is 20.0 Å². The quantitative estimate of drug-likeness (QED) is 0.443. The molecule has 0 radical (unpaired) electrons. The van der Waals surface area contributed by atoms with E-state index in [1.54, 1.807) is 0 Å². The van der Waals surface area contributed by atoms with Gasteiger partial charge in [0.15, 0.2) is 0 Å². The Labute approximate surface area is 204 Å². The highest BCUT2D eigenvalue weighted by molar-refractivity contribution is 6.27. The van der Waals surface area contributed by atoms with Crippen molar-refractivity contribution >= 4 is 29.3 Å². The van der Waals surface area contributed by atoms with Crippen LogP contribution in [-0.4, -0.2) is 35.6 Å². The molecule has 4 unspecified atom stereocenters. The molecular weight excluding hydrogens is 510 g/mol. The molecular formula is C24H16F6N2O5. The SMILES string of the molecule is Cc1ccc(Oc2ccc(N3C(=O)C4C5C(=O)N(C)C(=O)C5C4C3=O)cc2C(F)(F)F)c(C(F)(F)F)c1. The highest BCUT2D eigenvalue weighted by Crippen LogP contribution is 2.57. The summed E-state index contributed by atoms with van der Waals surface area (Å²) in [4.78, 5) is 51.9. The lowest BCUT2D eigenvalue weighted by atomic mass is 9.59. The molecule has 4 amide bonds. The van der Waals surface area contributed by atoms with Gasteiger partial charge in [0.1, 0.15) is 17.1 Å². The van der Waals surface area contributed by atoms with Gasteiger partial charge in [-0.25, -0.2) is 4.90 Å². The first-order valence-corrected chi connectivity index (χ1v) is 10.9. The summed E-state index contributed by atoms with van der Waals surface area (Å²) in [5.74, 6) is -9.44. The monoisotopic (exact) mass is 526 g/mol. The number of hydrogen-bond donors (Lipinski definition) is 0.